The van der Waals surface area contributed by atoms with E-state index in [4.69, 9.17) is 15.2 Å². The number of ether oxygens (including phenoxy) is 2. The molecular weight excluding hydrogens is 330 g/mol. The van der Waals surface area contributed by atoms with Gasteiger partial charge in [-0.3, -0.25) is 4.79 Å². The number of benzene rings is 2. The van der Waals surface area contributed by atoms with Gasteiger partial charge in [-0.15, -0.1) is 0 Å². The number of rotatable bonds is 5. The van der Waals surface area contributed by atoms with Crippen molar-refractivity contribution in [2.45, 2.75) is 26.4 Å². The number of amides is 1. The minimum Gasteiger partial charge on any atom is -0.492 e. The second kappa shape index (κ2) is 7.15. The van der Waals surface area contributed by atoms with Crippen molar-refractivity contribution >= 4 is 23.0 Å². The third-order valence-electron chi connectivity index (χ3n) is 4.08. The zero-order chi connectivity index (χ0) is 18.7. The van der Waals surface area contributed by atoms with Crippen molar-refractivity contribution in [1.29, 1.82) is 0 Å². The van der Waals surface area contributed by atoms with Crippen molar-refractivity contribution in [2.75, 3.05) is 35.6 Å². The summed E-state index contributed by atoms with van der Waals surface area (Å²) in [6, 6.07) is 12.9. The lowest BCUT2D eigenvalue weighted by molar-refractivity contribution is -0.115. The van der Waals surface area contributed by atoms with Gasteiger partial charge in [0, 0.05) is 5.69 Å². The highest BCUT2D eigenvalue weighted by Gasteiger charge is 2.32. The second-order valence-corrected chi connectivity index (χ2v) is 6.92. The third kappa shape index (κ3) is 4.02. The monoisotopic (exact) mass is 355 g/mol. The molecule has 3 rings (SSSR count). The summed E-state index contributed by atoms with van der Waals surface area (Å²) in [6.07, 6.45) is 0. The van der Waals surface area contributed by atoms with E-state index in [0.29, 0.717) is 30.3 Å². The average Bonchev–Trinajstić information content (AvgIpc) is 2.57. The van der Waals surface area contributed by atoms with E-state index in [0.717, 1.165) is 11.4 Å². The Bertz CT molecular complexity index is 805. The molecular formula is C20H25N3O3. The summed E-state index contributed by atoms with van der Waals surface area (Å²) < 4.78 is 11.6. The Morgan fingerprint density at radius 3 is 2.85 bits per heavy atom. The molecule has 138 valence electrons. The first kappa shape index (κ1) is 17.9. The van der Waals surface area contributed by atoms with Gasteiger partial charge >= 0.3 is 0 Å². The first-order chi connectivity index (χ1) is 12.4. The standard InChI is InChI=1S/C20H25N3O3/c1-4-25-17-8-6-5-7-15(17)22-19(24)12-23-13-20(2,3)26-18-10-9-14(21)11-16(18)23/h5-11H,4,12-13,21H2,1-3H3,(H,22,24). The molecule has 26 heavy (non-hydrogen) atoms. The molecule has 0 spiro atoms. The van der Waals surface area contributed by atoms with Crippen LogP contribution in [0.25, 0.3) is 0 Å². The Balaban J connectivity index is 1.78. The Kier molecular flexibility index (Phi) is 4.93. The molecule has 0 atom stereocenters. The van der Waals surface area contributed by atoms with E-state index in [2.05, 4.69) is 5.32 Å². The van der Waals surface area contributed by atoms with Crippen molar-refractivity contribution in [3.8, 4) is 11.5 Å². The van der Waals surface area contributed by atoms with Crippen molar-refractivity contribution in [1.82, 2.24) is 0 Å². The predicted molar refractivity (Wildman–Crippen MR) is 104 cm³/mol. The van der Waals surface area contributed by atoms with E-state index in [1.165, 1.54) is 0 Å². The van der Waals surface area contributed by atoms with Gasteiger partial charge in [0.2, 0.25) is 5.91 Å². The molecule has 0 radical (unpaired) electrons. The number of nitrogen functional groups attached to an aromatic ring is 1. The normalized spacial score (nSPS) is 15.0. The fraction of sp³-hybridized carbons (Fsp3) is 0.350. The molecule has 0 aromatic heterocycles. The lowest BCUT2D eigenvalue weighted by Crippen LogP contribution is -2.49. The van der Waals surface area contributed by atoms with Gasteiger partial charge < -0.3 is 25.4 Å². The van der Waals surface area contributed by atoms with Crippen LogP contribution in [0.2, 0.25) is 0 Å². The van der Waals surface area contributed by atoms with Gasteiger partial charge in [-0.1, -0.05) is 12.1 Å². The summed E-state index contributed by atoms with van der Waals surface area (Å²) in [7, 11) is 0. The van der Waals surface area contributed by atoms with Crippen molar-refractivity contribution in [2.24, 2.45) is 0 Å². The van der Waals surface area contributed by atoms with Gasteiger partial charge in [-0.2, -0.15) is 0 Å². The minimum atomic E-state index is -0.396. The van der Waals surface area contributed by atoms with Crippen LogP contribution in [-0.4, -0.2) is 31.2 Å². The fourth-order valence-corrected chi connectivity index (χ4v) is 3.10. The maximum atomic E-state index is 12.7. The Hall–Kier alpha value is -2.89. The Morgan fingerprint density at radius 2 is 2.08 bits per heavy atom. The second-order valence-electron chi connectivity index (χ2n) is 6.92. The lowest BCUT2D eigenvalue weighted by Gasteiger charge is -2.40. The third-order valence-corrected chi connectivity index (χ3v) is 4.08. The first-order valence-corrected chi connectivity index (χ1v) is 8.73. The highest BCUT2D eigenvalue weighted by molar-refractivity contribution is 5.95. The van der Waals surface area contributed by atoms with Crippen LogP contribution in [0.3, 0.4) is 0 Å². The molecule has 1 amide bonds. The summed E-state index contributed by atoms with van der Waals surface area (Å²) in [5, 5.41) is 2.94. The van der Waals surface area contributed by atoms with Crippen LogP contribution in [0.15, 0.2) is 42.5 Å². The molecule has 1 aliphatic heterocycles. The van der Waals surface area contributed by atoms with Gasteiger partial charge in [0.15, 0.2) is 0 Å². The van der Waals surface area contributed by atoms with Gasteiger partial charge in [0.05, 0.1) is 31.1 Å². The Labute approximate surface area is 153 Å². The van der Waals surface area contributed by atoms with E-state index < -0.39 is 5.60 Å². The molecule has 6 heteroatoms. The number of anilines is 3. The van der Waals surface area contributed by atoms with Gasteiger partial charge in [-0.25, -0.2) is 0 Å². The predicted octanol–water partition coefficient (Wildman–Crippen LogP) is 3.28. The molecule has 3 N–H and O–H groups in total. The largest absolute Gasteiger partial charge is 0.492 e. The quantitative estimate of drug-likeness (QED) is 0.805. The number of nitrogens with two attached hydrogens (primary N) is 1. The topological polar surface area (TPSA) is 76.8 Å². The van der Waals surface area contributed by atoms with Crippen LogP contribution >= 0.6 is 0 Å². The van der Waals surface area contributed by atoms with Crippen molar-refractivity contribution < 1.29 is 14.3 Å². The summed E-state index contributed by atoms with van der Waals surface area (Å²) in [4.78, 5) is 14.7. The number of carbonyl (C=O) groups excluding carboxylic acids is 1. The van der Waals surface area contributed by atoms with Gasteiger partial charge in [0.1, 0.15) is 17.1 Å². The van der Waals surface area contributed by atoms with Crippen LogP contribution < -0.4 is 25.4 Å². The zero-order valence-electron chi connectivity index (χ0n) is 15.4. The zero-order valence-corrected chi connectivity index (χ0v) is 15.4. The van der Waals surface area contributed by atoms with Crippen LogP contribution in [-0.2, 0) is 4.79 Å². The van der Waals surface area contributed by atoms with Crippen molar-refractivity contribution in [3.05, 3.63) is 42.5 Å². The highest BCUT2D eigenvalue weighted by Crippen LogP contribution is 2.38. The highest BCUT2D eigenvalue weighted by atomic mass is 16.5. The molecule has 1 heterocycles. The molecule has 6 nitrogen and oxygen atoms in total. The number of para-hydroxylation sites is 2. The molecule has 0 bridgehead atoms. The van der Waals surface area contributed by atoms with E-state index >= 15 is 0 Å². The number of nitrogens with one attached hydrogen (secondary N) is 1. The molecule has 0 unspecified atom stereocenters. The lowest BCUT2D eigenvalue weighted by atomic mass is 10.0. The Morgan fingerprint density at radius 1 is 1.31 bits per heavy atom. The number of hydrogen-bond donors (Lipinski definition) is 2. The number of fused-ring (bicyclic) bond motifs is 1. The molecule has 0 saturated carbocycles. The van der Waals surface area contributed by atoms with E-state index in [1.807, 2.05) is 62.1 Å². The number of nitrogens with zero attached hydrogens (tertiary/aromatic N) is 1. The fourth-order valence-electron chi connectivity index (χ4n) is 3.10. The molecule has 1 aliphatic rings. The van der Waals surface area contributed by atoms with Crippen LogP contribution in [0.4, 0.5) is 17.1 Å². The maximum Gasteiger partial charge on any atom is 0.243 e. The summed E-state index contributed by atoms with van der Waals surface area (Å²) >= 11 is 0. The van der Waals surface area contributed by atoms with Crippen molar-refractivity contribution in [3.63, 3.8) is 0 Å². The van der Waals surface area contributed by atoms with Crippen LogP contribution in [0.5, 0.6) is 11.5 Å². The van der Waals surface area contributed by atoms with Gasteiger partial charge in [0.25, 0.3) is 0 Å². The maximum absolute atomic E-state index is 12.7. The van der Waals surface area contributed by atoms with E-state index in [-0.39, 0.29) is 12.5 Å². The molecule has 0 aliphatic carbocycles. The molecule has 0 saturated heterocycles. The molecule has 2 aromatic rings. The van der Waals surface area contributed by atoms with E-state index in [9.17, 15) is 4.79 Å². The smallest absolute Gasteiger partial charge is 0.243 e. The number of carbonyl (C=O) groups is 1. The summed E-state index contributed by atoms with van der Waals surface area (Å²) in [5.41, 5.74) is 7.66. The van der Waals surface area contributed by atoms with Crippen LogP contribution in [0, 0.1) is 0 Å². The molecule has 2 aromatic carbocycles. The van der Waals surface area contributed by atoms with Crippen LogP contribution in [0.1, 0.15) is 20.8 Å². The number of hydrogen-bond acceptors (Lipinski definition) is 5. The SMILES string of the molecule is CCOc1ccccc1NC(=O)CN1CC(C)(C)Oc2ccc(N)cc21. The van der Waals surface area contributed by atoms with Gasteiger partial charge in [-0.05, 0) is 51.1 Å². The summed E-state index contributed by atoms with van der Waals surface area (Å²) in [5.74, 6) is 1.27. The minimum absolute atomic E-state index is 0.122. The van der Waals surface area contributed by atoms with E-state index in [1.54, 1.807) is 6.07 Å². The summed E-state index contributed by atoms with van der Waals surface area (Å²) in [6.45, 7) is 7.24. The molecule has 0 fully saturated rings. The average molecular weight is 355 g/mol. The first-order valence-electron chi connectivity index (χ1n) is 8.73.